The smallest absolute Gasteiger partial charge is 0.206 e. The molecule has 0 saturated heterocycles. The minimum atomic E-state index is -3.83. The monoisotopic (exact) mass is 1090 g/mol. The molecule has 0 aliphatic carbocycles. The fourth-order valence-corrected chi connectivity index (χ4v) is 11.0. The van der Waals surface area contributed by atoms with Crippen LogP contribution < -0.4 is 18.9 Å². The normalized spacial score (nSPS) is 11.7. The maximum absolute atomic E-state index is 13.7. The van der Waals surface area contributed by atoms with Crippen LogP contribution in [0.3, 0.4) is 0 Å². The van der Waals surface area contributed by atoms with Crippen molar-refractivity contribution in [2.24, 2.45) is 0 Å². The van der Waals surface area contributed by atoms with Gasteiger partial charge in [-0.15, -0.1) is 0 Å². The zero-order chi connectivity index (χ0) is 57.1. The van der Waals surface area contributed by atoms with Gasteiger partial charge < -0.3 is 18.9 Å². The van der Waals surface area contributed by atoms with Crippen molar-refractivity contribution in [2.45, 2.75) is 76.0 Å². The molecule has 404 valence electrons. The average molecular weight is 1090 g/mol. The molecule has 0 aliphatic heterocycles. The van der Waals surface area contributed by atoms with E-state index in [-0.39, 0.29) is 32.2 Å². The van der Waals surface area contributed by atoms with Crippen molar-refractivity contribution in [1.82, 2.24) is 0 Å². The van der Waals surface area contributed by atoms with Crippen molar-refractivity contribution in [3.05, 3.63) is 297 Å². The largest absolute Gasteiger partial charge is 0.457 e. The third kappa shape index (κ3) is 12.3. The molecule has 0 unspecified atom stereocenters. The number of rotatable bonds is 18. The van der Waals surface area contributed by atoms with Crippen molar-refractivity contribution in [3.63, 3.8) is 0 Å². The highest BCUT2D eigenvalue weighted by molar-refractivity contribution is 7.91. The van der Waals surface area contributed by atoms with Gasteiger partial charge in [0.2, 0.25) is 9.84 Å². The maximum Gasteiger partial charge on any atom is 0.206 e. The predicted octanol–water partition coefficient (Wildman–Crippen LogP) is 18.0. The van der Waals surface area contributed by atoms with Gasteiger partial charge in [-0.05, 0) is 219 Å². The van der Waals surface area contributed by atoms with Gasteiger partial charge in [-0.2, -0.15) is 0 Å². The van der Waals surface area contributed by atoms with Crippen molar-refractivity contribution in [2.75, 3.05) is 0 Å². The number of benzene rings is 10. The Kier molecular flexibility index (Phi) is 15.5. The van der Waals surface area contributed by atoms with E-state index < -0.39 is 9.84 Å². The van der Waals surface area contributed by atoms with Crippen LogP contribution in [0.5, 0.6) is 46.0 Å². The summed E-state index contributed by atoms with van der Waals surface area (Å²) < 4.78 is 52.1. The summed E-state index contributed by atoms with van der Waals surface area (Å²) in [6.07, 6.45) is 0. The zero-order valence-corrected chi connectivity index (χ0v) is 47.4. The van der Waals surface area contributed by atoms with Crippen LogP contribution in [-0.2, 0) is 20.7 Å². The Morgan fingerprint density at radius 3 is 0.778 bits per heavy atom. The van der Waals surface area contributed by atoms with Gasteiger partial charge in [0, 0.05) is 33.1 Å². The lowest BCUT2D eigenvalue weighted by Gasteiger charge is -2.26. The molecule has 0 saturated carbocycles. The molecule has 0 radical (unpaired) electrons. The lowest BCUT2D eigenvalue weighted by Crippen LogP contribution is -2.18. The molecule has 0 N–H and O–H groups in total. The summed E-state index contributed by atoms with van der Waals surface area (Å²) in [7, 11) is -3.83. The van der Waals surface area contributed by atoms with Gasteiger partial charge in [0.05, 0.1) is 9.79 Å². The van der Waals surface area contributed by atoms with Crippen LogP contribution in [0, 0.1) is 27.7 Å². The van der Waals surface area contributed by atoms with Crippen molar-refractivity contribution >= 4 is 21.4 Å². The van der Waals surface area contributed by atoms with E-state index in [1.165, 1.54) is 0 Å². The molecule has 0 atom stereocenters. The van der Waals surface area contributed by atoms with Crippen LogP contribution in [0.2, 0.25) is 0 Å². The molecule has 0 heterocycles. The summed E-state index contributed by atoms with van der Waals surface area (Å²) in [5.41, 5.74) is 10.3. The van der Waals surface area contributed by atoms with Crippen molar-refractivity contribution < 1.29 is 37.0 Å². The quantitative estimate of drug-likeness (QED) is 0.0783. The third-order valence-electron chi connectivity index (χ3n) is 15.0. The van der Waals surface area contributed by atoms with E-state index in [1.54, 1.807) is 72.8 Å². The van der Waals surface area contributed by atoms with Crippen LogP contribution in [0.4, 0.5) is 0 Å². The lowest BCUT2D eigenvalue weighted by molar-refractivity contribution is 0.103. The van der Waals surface area contributed by atoms with Crippen LogP contribution in [0.15, 0.2) is 240 Å². The van der Waals surface area contributed by atoms with Crippen molar-refractivity contribution in [3.8, 4) is 46.0 Å². The molecule has 0 aromatic heterocycles. The van der Waals surface area contributed by atoms with Gasteiger partial charge in [-0.1, -0.05) is 112 Å². The molecule has 81 heavy (non-hydrogen) atoms. The van der Waals surface area contributed by atoms with Crippen LogP contribution in [-0.4, -0.2) is 20.0 Å². The average Bonchev–Trinajstić information content (AvgIpc) is 3.49. The summed E-state index contributed by atoms with van der Waals surface area (Å²) in [4.78, 5) is 26.6. The molecule has 0 fully saturated rings. The first-order valence-corrected chi connectivity index (χ1v) is 28.3. The van der Waals surface area contributed by atoms with Crippen molar-refractivity contribution in [1.29, 1.82) is 0 Å². The molecular weight excluding hydrogens is 1020 g/mol. The highest BCUT2D eigenvalue weighted by Gasteiger charge is 2.26. The summed E-state index contributed by atoms with van der Waals surface area (Å²) in [5, 5.41) is 0. The lowest BCUT2D eigenvalue weighted by atomic mass is 9.78. The van der Waals surface area contributed by atoms with Gasteiger partial charge in [0.15, 0.2) is 11.6 Å². The molecule has 10 aromatic carbocycles. The molecule has 10 rings (SSSR count). The van der Waals surface area contributed by atoms with E-state index in [0.29, 0.717) is 68.2 Å². The minimum absolute atomic E-state index is 0.0117. The number of carbonyl (C=O) groups excluding carboxylic acids is 2. The van der Waals surface area contributed by atoms with Gasteiger partial charge >= 0.3 is 0 Å². The number of ether oxygens (including phenoxy) is 4. The predicted molar refractivity (Wildman–Crippen MR) is 320 cm³/mol. The molecule has 0 amide bonds. The fraction of sp³-hybridized carbons (Fsp3) is 0.139. The molecule has 8 nitrogen and oxygen atoms in total. The second-order valence-corrected chi connectivity index (χ2v) is 23.5. The van der Waals surface area contributed by atoms with E-state index in [2.05, 4.69) is 52.0 Å². The van der Waals surface area contributed by atoms with Gasteiger partial charge in [-0.3, -0.25) is 9.59 Å². The zero-order valence-electron chi connectivity index (χ0n) is 46.6. The summed E-state index contributed by atoms with van der Waals surface area (Å²) in [6, 6.07) is 70.9. The number of aryl methyl sites for hydroxylation is 4. The summed E-state index contributed by atoms with van der Waals surface area (Å²) >= 11 is 0. The first-order chi connectivity index (χ1) is 38.8. The number of hydrogen-bond acceptors (Lipinski definition) is 8. The Balaban J connectivity index is 0.700. The molecule has 10 aromatic rings. The Labute approximate surface area is 475 Å². The van der Waals surface area contributed by atoms with E-state index in [0.717, 1.165) is 44.5 Å². The van der Waals surface area contributed by atoms with Crippen LogP contribution >= 0.6 is 0 Å². The number of ketones is 2. The van der Waals surface area contributed by atoms with E-state index in [4.69, 9.17) is 18.9 Å². The van der Waals surface area contributed by atoms with E-state index in [9.17, 15) is 18.0 Å². The van der Waals surface area contributed by atoms with E-state index >= 15 is 0 Å². The molecular formula is C72H62O8S. The highest BCUT2D eigenvalue weighted by Crippen LogP contribution is 2.38. The molecule has 0 spiro atoms. The Bertz CT molecular complexity index is 3740. The highest BCUT2D eigenvalue weighted by atomic mass is 32.2. The Hall–Kier alpha value is -9.31. The van der Waals surface area contributed by atoms with Gasteiger partial charge in [-0.25, -0.2) is 8.42 Å². The van der Waals surface area contributed by atoms with Crippen LogP contribution in [0.25, 0.3) is 0 Å². The summed E-state index contributed by atoms with van der Waals surface area (Å²) in [6.45, 7) is 16.5. The fourth-order valence-electron chi connectivity index (χ4n) is 9.77. The molecule has 0 aliphatic rings. The first kappa shape index (κ1) is 55.0. The third-order valence-corrected chi connectivity index (χ3v) is 16.8. The van der Waals surface area contributed by atoms with Gasteiger partial charge in [0.1, 0.15) is 46.0 Å². The maximum atomic E-state index is 13.7. The number of carbonyl (C=O) groups is 2. The first-order valence-electron chi connectivity index (χ1n) is 26.8. The molecule has 0 bridgehead atoms. The second kappa shape index (κ2) is 22.8. The minimum Gasteiger partial charge on any atom is -0.457 e. The van der Waals surface area contributed by atoms with Crippen LogP contribution in [0.1, 0.15) is 104 Å². The Morgan fingerprint density at radius 1 is 0.309 bits per heavy atom. The van der Waals surface area contributed by atoms with E-state index in [1.807, 2.05) is 161 Å². The Morgan fingerprint density at radius 2 is 0.531 bits per heavy atom. The van der Waals surface area contributed by atoms with Gasteiger partial charge in [0.25, 0.3) is 0 Å². The summed E-state index contributed by atoms with van der Waals surface area (Å²) in [5.74, 6) is 4.87. The number of sulfone groups is 1. The number of hydrogen-bond donors (Lipinski definition) is 0. The topological polar surface area (TPSA) is 105 Å². The standard InChI is InChI=1S/C72H62O8S/c1-47-9-11-49(3)67(45-47)69(73)51-13-25-57(26-14-51)77-59-29-17-53(18-30-59)71(5,6)55-21-33-61(34-22-55)79-63-37-41-65(42-38-63)81(75,76)66-43-39-64(40-44-66)80-62-35-23-56(24-36-62)72(7,8)54-19-31-60(32-20-54)78-58-27-15-52(16-28-58)70(74)68-46-48(2)10-12-50(68)4/h9-46H,1-8H3. The second-order valence-electron chi connectivity index (χ2n) is 21.5. The SMILES string of the molecule is Cc1ccc(C)c(C(=O)c2ccc(Oc3ccc(C(C)(C)c4ccc(Oc5ccc(S(=O)(=O)c6ccc(Oc7ccc(C(C)(C)c8ccc(Oc9ccc(C(=O)c%10cc(C)ccc%10C)cc9)cc8)cc7)cc6)cc5)cc4)cc3)cc2)c1. The molecule has 9 heteroatoms.